The Labute approximate surface area is 142 Å². The number of carbonyl (C=O) groups is 1. The number of amides is 1. The van der Waals surface area contributed by atoms with E-state index in [0.29, 0.717) is 22.9 Å². The van der Waals surface area contributed by atoms with Gasteiger partial charge < -0.3 is 10.2 Å². The quantitative estimate of drug-likeness (QED) is 0.884. The van der Waals surface area contributed by atoms with Gasteiger partial charge in [0.25, 0.3) is 5.91 Å². The maximum atomic E-state index is 12.6. The summed E-state index contributed by atoms with van der Waals surface area (Å²) in [7, 11) is 3.58. The summed E-state index contributed by atoms with van der Waals surface area (Å²) < 4.78 is 39.1. The molecule has 0 aliphatic heterocycles. The highest BCUT2D eigenvalue weighted by atomic mass is 19.4. The van der Waals surface area contributed by atoms with Gasteiger partial charge in [0.1, 0.15) is 0 Å². The van der Waals surface area contributed by atoms with Crippen molar-refractivity contribution in [3.63, 3.8) is 0 Å². The van der Waals surface area contributed by atoms with Gasteiger partial charge in [-0.1, -0.05) is 0 Å². The second-order valence-electron chi connectivity index (χ2n) is 5.71. The van der Waals surface area contributed by atoms with Crippen LogP contribution in [0.3, 0.4) is 0 Å². The summed E-state index contributed by atoms with van der Waals surface area (Å²) in [5.41, 5.74) is 0.265. The van der Waals surface area contributed by atoms with E-state index < -0.39 is 11.9 Å². The number of hydrogen-bond donors (Lipinski definition) is 1. The third kappa shape index (κ3) is 4.46. The van der Waals surface area contributed by atoms with Gasteiger partial charge in [-0.15, -0.1) is 0 Å². The van der Waals surface area contributed by atoms with E-state index in [1.54, 1.807) is 25.9 Å². The average Bonchev–Trinajstić information content (AvgIpc) is 2.88. The molecule has 2 heterocycles. The van der Waals surface area contributed by atoms with Gasteiger partial charge >= 0.3 is 6.18 Å². The Morgan fingerprint density at radius 3 is 2.52 bits per heavy atom. The van der Waals surface area contributed by atoms with Crippen molar-refractivity contribution >= 4 is 11.9 Å². The smallest absolute Gasteiger partial charge is 0.350 e. The van der Waals surface area contributed by atoms with Crippen molar-refractivity contribution in [3.8, 4) is 0 Å². The Morgan fingerprint density at radius 2 is 2.00 bits per heavy atom. The van der Waals surface area contributed by atoms with E-state index >= 15 is 0 Å². The number of nitrogens with one attached hydrogen (secondary N) is 1. The van der Waals surface area contributed by atoms with Crippen LogP contribution in [-0.4, -0.2) is 46.3 Å². The number of hydrogen-bond acceptors (Lipinski definition) is 5. The van der Waals surface area contributed by atoms with Gasteiger partial charge in [0.2, 0.25) is 5.95 Å². The molecule has 0 saturated carbocycles. The van der Waals surface area contributed by atoms with Crippen molar-refractivity contribution in [2.45, 2.75) is 26.6 Å². The maximum Gasteiger partial charge on any atom is 0.435 e. The number of aryl methyl sites for hydroxylation is 2. The lowest BCUT2D eigenvalue weighted by atomic mass is 10.2. The van der Waals surface area contributed by atoms with Crippen molar-refractivity contribution in [2.75, 3.05) is 25.5 Å². The molecule has 0 atom stereocenters. The lowest BCUT2D eigenvalue weighted by molar-refractivity contribution is -0.141. The highest BCUT2D eigenvalue weighted by Gasteiger charge is 2.34. The summed E-state index contributed by atoms with van der Waals surface area (Å²) in [6.07, 6.45) is -3.06. The summed E-state index contributed by atoms with van der Waals surface area (Å²) >= 11 is 0. The van der Waals surface area contributed by atoms with E-state index in [2.05, 4.69) is 20.4 Å². The first kappa shape index (κ1) is 18.7. The minimum absolute atomic E-state index is 0.128. The predicted molar refractivity (Wildman–Crippen MR) is 85.4 cm³/mol. The van der Waals surface area contributed by atoms with Gasteiger partial charge in [-0.3, -0.25) is 9.48 Å². The van der Waals surface area contributed by atoms with Crippen molar-refractivity contribution in [1.82, 2.24) is 25.1 Å². The van der Waals surface area contributed by atoms with Crippen molar-refractivity contribution in [1.29, 1.82) is 0 Å². The molecule has 1 amide bonds. The second-order valence-corrected chi connectivity index (χ2v) is 5.71. The Morgan fingerprint density at radius 1 is 1.32 bits per heavy atom. The van der Waals surface area contributed by atoms with Crippen molar-refractivity contribution in [3.05, 3.63) is 34.9 Å². The minimum atomic E-state index is -4.48. The molecule has 1 N–H and O–H groups in total. The van der Waals surface area contributed by atoms with E-state index in [-0.39, 0.29) is 19.0 Å². The summed E-state index contributed by atoms with van der Waals surface area (Å²) in [5, 5.41) is 6.15. The number of rotatable bonds is 5. The number of halogens is 3. The number of aromatic nitrogens is 4. The van der Waals surface area contributed by atoms with Crippen LogP contribution in [0.15, 0.2) is 12.3 Å². The van der Waals surface area contributed by atoms with Gasteiger partial charge in [0.15, 0.2) is 5.69 Å². The molecule has 0 bridgehead atoms. The zero-order valence-electron chi connectivity index (χ0n) is 14.3. The molecule has 7 nitrogen and oxygen atoms in total. The van der Waals surface area contributed by atoms with Crippen LogP contribution in [-0.2, 0) is 12.7 Å². The molecule has 136 valence electrons. The molecule has 0 spiro atoms. The Hall–Kier alpha value is -2.65. The molecule has 0 radical (unpaired) electrons. The van der Waals surface area contributed by atoms with Crippen LogP contribution in [0, 0.1) is 13.8 Å². The van der Waals surface area contributed by atoms with Gasteiger partial charge in [-0.2, -0.15) is 18.3 Å². The Kier molecular flexibility index (Phi) is 5.29. The molecule has 25 heavy (non-hydrogen) atoms. The van der Waals surface area contributed by atoms with Gasteiger partial charge in [-0.25, -0.2) is 9.97 Å². The average molecular weight is 356 g/mol. The van der Waals surface area contributed by atoms with E-state index in [4.69, 9.17) is 0 Å². The largest absolute Gasteiger partial charge is 0.435 e. The lowest BCUT2D eigenvalue weighted by Gasteiger charge is -2.12. The molecule has 0 aliphatic carbocycles. The van der Waals surface area contributed by atoms with Crippen LogP contribution in [0.25, 0.3) is 0 Å². The molecular weight excluding hydrogens is 337 g/mol. The fourth-order valence-electron chi connectivity index (χ4n) is 2.14. The van der Waals surface area contributed by atoms with Gasteiger partial charge in [0, 0.05) is 32.5 Å². The van der Waals surface area contributed by atoms with Gasteiger partial charge in [-0.05, 0) is 19.9 Å². The summed E-state index contributed by atoms with van der Waals surface area (Å²) in [6.45, 7) is 3.48. The third-order valence-electron chi connectivity index (χ3n) is 3.49. The highest BCUT2D eigenvalue weighted by Crippen LogP contribution is 2.28. The maximum absolute atomic E-state index is 12.6. The first-order valence-corrected chi connectivity index (χ1v) is 7.50. The Balaban J connectivity index is 1.98. The zero-order valence-corrected chi connectivity index (χ0v) is 14.3. The van der Waals surface area contributed by atoms with Crippen molar-refractivity contribution in [2.24, 2.45) is 0 Å². The summed E-state index contributed by atoms with van der Waals surface area (Å²) in [4.78, 5) is 22.2. The predicted octanol–water partition coefficient (Wildman–Crippen LogP) is 1.80. The standard InChI is InChI=1S/C15H19F3N6O/c1-9-7-12(15(16,17)18)22-24(9)6-5-19-13(25)11-8-20-14(23(3)4)21-10(11)2/h7-8H,5-6H2,1-4H3,(H,19,25). The molecule has 0 fully saturated rings. The molecule has 0 unspecified atom stereocenters. The highest BCUT2D eigenvalue weighted by molar-refractivity contribution is 5.94. The summed E-state index contributed by atoms with van der Waals surface area (Å²) in [6, 6.07) is 0.972. The van der Waals surface area contributed by atoms with E-state index in [1.165, 1.54) is 17.8 Å². The minimum Gasteiger partial charge on any atom is -0.350 e. The first-order chi connectivity index (χ1) is 11.6. The van der Waals surface area contributed by atoms with Crippen LogP contribution in [0.5, 0.6) is 0 Å². The van der Waals surface area contributed by atoms with Crippen LogP contribution in [0.2, 0.25) is 0 Å². The molecular formula is C15H19F3N6O. The molecule has 2 rings (SSSR count). The number of alkyl halides is 3. The summed E-state index contributed by atoms with van der Waals surface area (Å²) in [5.74, 6) is 0.101. The van der Waals surface area contributed by atoms with Crippen LogP contribution in [0.4, 0.5) is 19.1 Å². The monoisotopic (exact) mass is 356 g/mol. The lowest BCUT2D eigenvalue weighted by Crippen LogP contribution is -2.29. The van der Waals surface area contributed by atoms with Crippen LogP contribution < -0.4 is 10.2 Å². The van der Waals surface area contributed by atoms with Crippen molar-refractivity contribution < 1.29 is 18.0 Å². The van der Waals surface area contributed by atoms with Crippen LogP contribution in [0.1, 0.15) is 27.4 Å². The number of anilines is 1. The van der Waals surface area contributed by atoms with E-state index in [1.807, 2.05) is 0 Å². The molecule has 0 aromatic carbocycles. The zero-order chi connectivity index (χ0) is 18.8. The fourth-order valence-corrected chi connectivity index (χ4v) is 2.14. The van der Waals surface area contributed by atoms with Gasteiger partial charge in [0.05, 0.1) is 17.8 Å². The SMILES string of the molecule is Cc1nc(N(C)C)ncc1C(=O)NCCn1nc(C(F)(F)F)cc1C. The molecule has 10 heteroatoms. The topological polar surface area (TPSA) is 75.9 Å². The molecule has 0 saturated heterocycles. The number of nitrogens with zero attached hydrogens (tertiary/aromatic N) is 5. The fraction of sp³-hybridized carbons (Fsp3) is 0.467. The molecule has 2 aromatic heterocycles. The normalized spacial score (nSPS) is 11.5. The number of carbonyl (C=O) groups excluding carboxylic acids is 1. The molecule has 0 aliphatic rings. The molecule has 2 aromatic rings. The first-order valence-electron chi connectivity index (χ1n) is 7.50. The second kappa shape index (κ2) is 7.08. The Bertz CT molecular complexity index is 769. The van der Waals surface area contributed by atoms with E-state index in [9.17, 15) is 18.0 Å². The third-order valence-corrected chi connectivity index (χ3v) is 3.49. The van der Waals surface area contributed by atoms with E-state index in [0.717, 1.165) is 6.07 Å². The van der Waals surface area contributed by atoms with Crippen LogP contribution >= 0.6 is 0 Å².